The van der Waals surface area contributed by atoms with Gasteiger partial charge < -0.3 is 19.5 Å². The van der Waals surface area contributed by atoms with Gasteiger partial charge in [0.1, 0.15) is 18.1 Å². The first-order chi connectivity index (χ1) is 21.4. The topological polar surface area (TPSA) is 60.0 Å². The van der Waals surface area contributed by atoms with Crippen LogP contribution in [-0.4, -0.2) is 55.9 Å². The number of carbonyl (C=O) groups excluding carboxylic acids is 1. The zero-order valence-electron chi connectivity index (χ0n) is 24.5. The number of alkyl halides is 6. The number of nitrogens with zero attached hydrogens (tertiary/aromatic N) is 1. The van der Waals surface area contributed by atoms with Gasteiger partial charge in [0.05, 0.1) is 17.7 Å². The first kappa shape index (κ1) is 32.6. The van der Waals surface area contributed by atoms with Gasteiger partial charge in [-0.3, -0.25) is 4.90 Å². The number of likely N-dealkylation sites (tertiary alicyclic amines) is 1. The van der Waals surface area contributed by atoms with Crippen molar-refractivity contribution >= 4 is 5.97 Å². The zero-order valence-corrected chi connectivity index (χ0v) is 24.5. The zero-order chi connectivity index (χ0) is 32.2. The summed E-state index contributed by atoms with van der Waals surface area (Å²) < 4.78 is 93.6. The average molecular weight is 637 g/mol. The third-order valence-electron chi connectivity index (χ3n) is 8.06. The van der Waals surface area contributed by atoms with E-state index in [0.29, 0.717) is 43.3 Å². The van der Waals surface area contributed by atoms with Crippen molar-refractivity contribution in [2.24, 2.45) is 11.8 Å². The Morgan fingerprint density at radius 3 is 1.91 bits per heavy atom. The maximum atomic E-state index is 12.9. The number of hydrogen-bond donors (Lipinski definition) is 1. The van der Waals surface area contributed by atoms with Gasteiger partial charge in [0, 0.05) is 38.6 Å². The lowest BCUT2D eigenvalue weighted by Gasteiger charge is -2.20. The SMILES string of the molecule is CCOC(=O)[C@H](Cc1ccc(OCCN[C@H]2C3CN(Cc4ccc(C(F)(F)F)cc4)C[C@@H]32)cc1)Oc1ccc(C(F)(F)F)cc1. The molecule has 4 atom stereocenters. The third kappa shape index (κ3) is 8.70. The van der Waals surface area contributed by atoms with E-state index in [4.69, 9.17) is 14.2 Å². The highest BCUT2D eigenvalue weighted by molar-refractivity contribution is 5.75. The molecule has 2 fully saturated rings. The van der Waals surface area contributed by atoms with E-state index in [1.54, 1.807) is 43.3 Å². The number of halogens is 6. The summed E-state index contributed by atoms with van der Waals surface area (Å²) in [6.07, 6.45) is -9.68. The molecule has 242 valence electrons. The summed E-state index contributed by atoms with van der Waals surface area (Å²) in [5.74, 6) is 1.21. The molecule has 1 aliphatic heterocycles. The highest BCUT2D eigenvalue weighted by atomic mass is 19.4. The van der Waals surface area contributed by atoms with Crippen molar-refractivity contribution in [3.63, 3.8) is 0 Å². The summed E-state index contributed by atoms with van der Waals surface area (Å²) in [4.78, 5) is 14.8. The van der Waals surface area contributed by atoms with Gasteiger partial charge >= 0.3 is 18.3 Å². The Labute approximate surface area is 257 Å². The minimum absolute atomic E-state index is 0.125. The van der Waals surface area contributed by atoms with Gasteiger partial charge in [-0.1, -0.05) is 24.3 Å². The van der Waals surface area contributed by atoms with Crippen LogP contribution in [0.4, 0.5) is 26.3 Å². The van der Waals surface area contributed by atoms with Crippen molar-refractivity contribution in [3.05, 3.63) is 95.1 Å². The molecule has 1 aliphatic carbocycles. The van der Waals surface area contributed by atoms with E-state index in [2.05, 4.69) is 10.2 Å². The second-order valence-corrected chi connectivity index (χ2v) is 11.3. The lowest BCUT2D eigenvalue weighted by Crippen LogP contribution is -2.33. The minimum Gasteiger partial charge on any atom is -0.492 e. The molecule has 0 radical (unpaired) electrons. The highest BCUT2D eigenvalue weighted by Gasteiger charge is 2.55. The van der Waals surface area contributed by atoms with Crippen LogP contribution in [0.1, 0.15) is 29.2 Å². The molecule has 0 bridgehead atoms. The summed E-state index contributed by atoms with van der Waals surface area (Å²) in [7, 11) is 0. The maximum absolute atomic E-state index is 12.9. The fourth-order valence-corrected chi connectivity index (χ4v) is 5.73. The van der Waals surface area contributed by atoms with Gasteiger partial charge in [0.25, 0.3) is 0 Å². The van der Waals surface area contributed by atoms with E-state index < -0.39 is 35.6 Å². The van der Waals surface area contributed by atoms with Gasteiger partial charge in [0.15, 0.2) is 6.10 Å². The van der Waals surface area contributed by atoms with Crippen molar-refractivity contribution in [1.29, 1.82) is 0 Å². The molecular weight excluding hydrogens is 602 g/mol. The molecule has 5 rings (SSSR count). The lowest BCUT2D eigenvalue weighted by molar-refractivity contribution is -0.151. The second kappa shape index (κ2) is 13.7. The molecule has 12 heteroatoms. The Bertz CT molecular complexity index is 1400. The first-order valence-corrected chi connectivity index (χ1v) is 14.7. The predicted molar refractivity (Wildman–Crippen MR) is 154 cm³/mol. The van der Waals surface area contributed by atoms with E-state index in [1.165, 1.54) is 12.1 Å². The number of hydrogen-bond acceptors (Lipinski definition) is 6. The second-order valence-electron chi connectivity index (χ2n) is 11.3. The van der Waals surface area contributed by atoms with Crippen LogP contribution in [0.2, 0.25) is 0 Å². The largest absolute Gasteiger partial charge is 0.492 e. The molecule has 0 spiro atoms. The number of rotatable bonds is 13. The van der Waals surface area contributed by atoms with E-state index in [-0.39, 0.29) is 18.8 Å². The van der Waals surface area contributed by atoms with E-state index >= 15 is 0 Å². The van der Waals surface area contributed by atoms with Crippen molar-refractivity contribution < 1.29 is 45.3 Å². The summed E-state index contributed by atoms with van der Waals surface area (Å²) in [6, 6.07) is 17.0. The molecule has 1 unspecified atom stereocenters. The standard InChI is InChI=1S/C33H34F6N2O4/c1-2-43-31(42)29(45-26-13-9-24(10-14-26)33(37,38)39)17-21-5-11-25(12-6-21)44-16-15-40-30-27-19-41(20-28(27)30)18-22-3-7-23(8-4-22)32(34,35)36/h3-14,27-30,40H,2,15-20H2,1H3/t27-,28?,29-,30+/m0/s1. The predicted octanol–water partition coefficient (Wildman–Crippen LogP) is 6.38. The molecule has 1 heterocycles. The molecule has 1 saturated carbocycles. The average Bonchev–Trinajstić information content (AvgIpc) is 3.44. The Hall–Kier alpha value is -3.77. The van der Waals surface area contributed by atoms with E-state index in [9.17, 15) is 31.1 Å². The van der Waals surface area contributed by atoms with Gasteiger partial charge in [0.2, 0.25) is 0 Å². The number of esters is 1. The van der Waals surface area contributed by atoms with Crippen molar-refractivity contribution in [2.75, 3.05) is 32.8 Å². The fraction of sp³-hybridized carbons (Fsp3) is 0.424. The van der Waals surface area contributed by atoms with Gasteiger partial charge in [-0.25, -0.2) is 4.79 Å². The molecule has 2 aliphatic rings. The molecule has 1 saturated heterocycles. The van der Waals surface area contributed by atoms with Gasteiger partial charge in [-0.2, -0.15) is 26.3 Å². The Morgan fingerprint density at radius 2 is 1.36 bits per heavy atom. The third-order valence-corrected chi connectivity index (χ3v) is 8.06. The molecule has 0 amide bonds. The number of piperidine rings is 1. The maximum Gasteiger partial charge on any atom is 0.416 e. The number of nitrogens with one attached hydrogen (secondary N) is 1. The summed E-state index contributed by atoms with van der Waals surface area (Å²) >= 11 is 0. The fourth-order valence-electron chi connectivity index (χ4n) is 5.73. The van der Waals surface area contributed by atoms with E-state index in [1.807, 2.05) is 0 Å². The van der Waals surface area contributed by atoms with Crippen LogP contribution in [-0.2, 0) is 34.8 Å². The quantitative estimate of drug-likeness (QED) is 0.134. The Kier molecular flexibility index (Phi) is 9.93. The molecule has 3 aromatic rings. The molecule has 6 nitrogen and oxygen atoms in total. The summed E-state index contributed by atoms with van der Waals surface area (Å²) in [5.41, 5.74) is 0.188. The number of ether oxygens (including phenoxy) is 3. The number of fused-ring (bicyclic) bond motifs is 1. The summed E-state index contributed by atoms with van der Waals surface area (Å²) in [5, 5.41) is 3.53. The first-order valence-electron chi connectivity index (χ1n) is 14.7. The lowest BCUT2D eigenvalue weighted by atomic mass is 10.1. The number of carbonyl (C=O) groups is 1. The Morgan fingerprint density at radius 1 is 0.822 bits per heavy atom. The van der Waals surface area contributed by atoms with Crippen LogP contribution >= 0.6 is 0 Å². The summed E-state index contributed by atoms with van der Waals surface area (Å²) in [6.45, 7) is 5.35. The Balaban J connectivity index is 1.02. The van der Waals surface area contributed by atoms with Crippen LogP contribution in [0.15, 0.2) is 72.8 Å². The molecule has 45 heavy (non-hydrogen) atoms. The van der Waals surface area contributed by atoms with E-state index in [0.717, 1.165) is 48.5 Å². The molecular formula is C33H34F6N2O4. The molecule has 3 aromatic carbocycles. The van der Waals surface area contributed by atoms with Crippen LogP contribution in [0.25, 0.3) is 0 Å². The van der Waals surface area contributed by atoms with Crippen LogP contribution < -0.4 is 14.8 Å². The molecule has 1 N–H and O–H groups in total. The van der Waals surface area contributed by atoms with Crippen molar-refractivity contribution in [1.82, 2.24) is 10.2 Å². The van der Waals surface area contributed by atoms with Crippen molar-refractivity contribution in [3.8, 4) is 11.5 Å². The van der Waals surface area contributed by atoms with Crippen LogP contribution in [0.3, 0.4) is 0 Å². The molecule has 0 aromatic heterocycles. The smallest absolute Gasteiger partial charge is 0.416 e. The number of benzene rings is 3. The van der Waals surface area contributed by atoms with Crippen molar-refractivity contribution in [2.45, 2.75) is 44.4 Å². The van der Waals surface area contributed by atoms with Crippen LogP contribution in [0, 0.1) is 11.8 Å². The monoisotopic (exact) mass is 636 g/mol. The van der Waals surface area contributed by atoms with Gasteiger partial charge in [-0.05, 0) is 78.4 Å². The van der Waals surface area contributed by atoms with Crippen LogP contribution in [0.5, 0.6) is 11.5 Å². The minimum atomic E-state index is -4.47. The normalized spacial score (nSPS) is 20.4. The highest BCUT2D eigenvalue weighted by Crippen LogP contribution is 2.45. The van der Waals surface area contributed by atoms with Gasteiger partial charge in [-0.15, -0.1) is 0 Å².